The zero-order valence-corrected chi connectivity index (χ0v) is 12.1. The van der Waals surface area contributed by atoms with Crippen LogP contribution in [0.1, 0.15) is 41.0 Å². The second-order valence-electron chi connectivity index (χ2n) is 4.98. The van der Waals surface area contributed by atoms with Crippen molar-refractivity contribution in [2.75, 3.05) is 0 Å². The molecule has 0 amide bonds. The van der Waals surface area contributed by atoms with Crippen LogP contribution >= 0.6 is 0 Å². The zero-order chi connectivity index (χ0) is 14.0. The number of aryl methyl sites for hydroxylation is 4. The van der Waals surface area contributed by atoms with Gasteiger partial charge in [0.15, 0.2) is 0 Å². The second-order valence-corrected chi connectivity index (χ2v) is 4.98. The number of rotatable bonds is 4. The Hall–Kier alpha value is -1.65. The van der Waals surface area contributed by atoms with E-state index < -0.39 is 0 Å². The fraction of sp³-hybridized carbons (Fsp3) is 0.400. The average Bonchev–Trinajstić information content (AvgIpc) is 2.81. The van der Waals surface area contributed by atoms with Crippen molar-refractivity contribution in [1.29, 1.82) is 0 Å². The maximum absolute atomic E-state index is 5.79. The highest BCUT2D eigenvalue weighted by atomic mass is 15.3. The van der Waals surface area contributed by atoms with Crippen molar-refractivity contribution in [3.63, 3.8) is 0 Å². The van der Waals surface area contributed by atoms with Gasteiger partial charge in [0.05, 0.1) is 0 Å². The maximum atomic E-state index is 5.79. The van der Waals surface area contributed by atoms with Crippen molar-refractivity contribution >= 4 is 0 Å². The Labute approximate surface area is 114 Å². The number of hydrazine groups is 1. The third-order valence-electron chi connectivity index (χ3n) is 3.54. The lowest BCUT2D eigenvalue weighted by Gasteiger charge is -2.22. The normalized spacial score (nSPS) is 12.7. The molecule has 0 radical (unpaired) electrons. The molecule has 3 N–H and O–H groups in total. The Morgan fingerprint density at radius 2 is 1.89 bits per heavy atom. The SMILES string of the molecule is CCn1ccnc1C(NN)c1c(C)cc(C)cc1C. The van der Waals surface area contributed by atoms with Crippen molar-refractivity contribution < 1.29 is 0 Å². The first-order chi connectivity index (χ1) is 9.08. The van der Waals surface area contributed by atoms with Gasteiger partial charge in [-0.3, -0.25) is 5.84 Å². The first kappa shape index (κ1) is 13.8. The zero-order valence-electron chi connectivity index (χ0n) is 12.1. The van der Waals surface area contributed by atoms with Crippen LogP contribution in [0.5, 0.6) is 0 Å². The lowest BCUT2D eigenvalue weighted by atomic mass is 9.94. The third-order valence-corrected chi connectivity index (χ3v) is 3.54. The largest absolute Gasteiger partial charge is 0.334 e. The number of hydrogen-bond acceptors (Lipinski definition) is 3. The summed E-state index contributed by atoms with van der Waals surface area (Å²) >= 11 is 0. The Morgan fingerprint density at radius 1 is 1.26 bits per heavy atom. The molecule has 0 saturated carbocycles. The van der Waals surface area contributed by atoms with Gasteiger partial charge in [0, 0.05) is 18.9 Å². The van der Waals surface area contributed by atoms with E-state index >= 15 is 0 Å². The van der Waals surface area contributed by atoms with E-state index in [9.17, 15) is 0 Å². The molecule has 0 saturated heterocycles. The van der Waals surface area contributed by atoms with Crippen LogP contribution < -0.4 is 11.3 Å². The predicted octanol–water partition coefficient (Wildman–Crippen LogP) is 2.38. The first-order valence-electron chi connectivity index (χ1n) is 6.63. The van der Waals surface area contributed by atoms with E-state index in [0.29, 0.717) is 0 Å². The summed E-state index contributed by atoms with van der Waals surface area (Å²) in [6.07, 6.45) is 3.81. The molecule has 1 aromatic heterocycles. The van der Waals surface area contributed by atoms with Crippen LogP contribution in [-0.2, 0) is 6.54 Å². The smallest absolute Gasteiger partial charge is 0.131 e. The Morgan fingerprint density at radius 3 is 2.42 bits per heavy atom. The second kappa shape index (κ2) is 5.55. The third kappa shape index (κ3) is 2.55. The molecule has 2 aromatic rings. The quantitative estimate of drug-likeness (QED) is 0.654. The number of hydrogen-bond donors (Lipinski definition) is 2. The van der Waals surface area contributed by atoms with Crippen molar-refractivity contribution in [2.45, 2.75) is 40.3 Å². The summed E-state index contributed by atoms with van der Waals surface area (Å²) in [5, 5.41) is 0. The maximum Gasteiger partial charge on any atom is 0.131 e. The molecule has 0 aliphatic carbocycles. The topological polar surface area (TPSA) is 55.9 Å². The minimum absolute atomic E-state index is 0.0736. The molecular formula is C15H22N4. The monoisotopic (exact) mass is 258 g/mol. The molecule has 0 bridgehead atoms. The summed E-state index contributed by atoms with van der Waals surface area (Å²) in [6, 6.07) is 4.30. The molecule has 4 nitrogen and oxygen atoms in total. The summed E-state index contributed by atoms with van der Waals surface area (Å²) < 4.78 is 2.11. The van der Waals surface area contributed by atoms with Crippen LogP contribution in [0.3, 0.4) is 0 Å². The Kier molecular flexibility index (Phi) is 4.02. The van der Waals surface area contributed by atoms with Crippen molar-refractivity contribution in [3.05, 3.63) is 52.6 Å². The van der Waals surface area contributed by atoms with Crippen LogP contribution in [0.4, 0.5) is 0 Å². The standard InChI is InChI=1S/C15H22N4/c1-5-19-7-6-17-15(19)14(18-16)13-11(3)8-10(2)9-12(13)4/h6-9,14,18H,5,16H2,1-4H3. The van der Waals surface area contributed by atoms with Crippen molar-refractivity contribution in [3.8, 4) is 0 Å². The van der Waals surface area contributed by atoms with Gasteiger partial charge >= 0.3 is 0 Å². The average molecular weight is 258 g/mol. The minimum atomic E-state index is -0.0736. The lowest BCUT2D eigenvalue weighted by Crippen LogP contribution is -2.32. The van der Waals surface area contributed by atoms with E-state index in [1.807, 2.05) is 12.4 Å². The summed E-state index contributed by atoms with van der Waals surface area (Å²) in [5.74, 6) is 6.75. The number of nitrogens with zero attached hydrogens (tertiary/aromatic N) is 2. The molecule has 1 heterocycles. The highest BCUT2D eigenvalue weighted by Gasteiger charge is 2.21. The van der Waals surface area contributed by atoms with Gasteiger partial charge in [-0.1, -0.05) is 17.7 Å². The van der Waals surface area contributed by atoms with Crippen molar-refractivity contribution in [1.82, 2.24) is 15.0 Å². The van der Waals surface area contributed by atoms with Crippen LogP contribution in [0, 0.1) is 20.8 Å². The van der Waals surface area contributed by atoms with Crippen LogP contribution in [0.2, 0.25) is 0 Å². The van der Waals surface area contributed by atoms with E-state index in [0.717, 1.165) is 12.4 Å². The van der Waals surface area contributed by atoms with Gasteiger partial charge < -0.3 is 4.57 Å². The van der Waals surface area contributed by atoms with Gasteiger partial charge in [-0.15, -0.1) is 0 Å². The molecule has 0 spiro atoms. The van der Waals surface area contributed by atoms with Gasteiger partial charge in [0.25, 0.3) is 0 Å². The fourth-order valence-electron chi connectivity index (χ4n) is 2.78. The fourth-order valence-corrected chi connectivity index (χ4v) is 2.78. The molecule has 4 heteroatoms. The molecule has 2 rings (SSSR count). The lowest BCUT2D eigenvalue weighted by molar-refractivity contribution is 0.557. The minimum Gasteiger partial charge on any atom is -0.334 e. The van der Waals surface area contributed by atoms with E-state index in [1.54, 1.807) is 0 Å². The summed E-state index contributed by atoms with van der Waals surface area (Å²) in [7, 11) is 0. The molecule has 1 atom stereocenters. The van der Waals surface area contributed by atoms with Crippen LogP contribution in [0.25, 0.3) is 0 Å². The number of benzene rings is 1. The summed E-state index contributed by atoms with van der Waals surface area (Å²) in [5.41, 5.74) is 7.89. The van der Waals surface area contributed by atoms with Crippen molar-refractivity contribution in [2.24, 2.45) is 5.84 Å². The van der Waals surface area contributed by atoms with E-state index in [1.165, 1.54) is 22.3 Å². The van der Waals surface area contributed by atoms with Gasteiger partial charge in [0.1, 0.15) is 11.9 Å². The van der Waals surface area contributed by atoms with Gasteiger partial charge in [-0.05, 0) is 44.4 Å². The van der Waals surface area contributed by atoms with E-state index in [-0.39, 0.29) is 6.04 Å². The number of nitrogens with two attached hydrogens (primary N) is 1. The van der Waals surface area contributed by atoms with Gasteiger partial charge in [0.2, 0.25) is 0 Å². The van der Waals surface area contributed by atoms with E-state index in [2.05, 4.69) is 54.8 Å². The molecule has 1 unspecified atom stereocenters. The van der Waals surface area contributed by atoms with E-state index in [4.69, 9.17) is 5.84 Å². The Balaban J connectivity index is 2.54. The highest BCUT2D eigenvalue weighted by molar-refractivity contribution is 5.42. The molecule has 0 aliphatic heterocycles. The highest BCUT2D eigenvalue weighted by Crippen LogP contribution is 2.27. The molecule has 102 valence electrons. The molecule has 0 aliphatic rings. The first-order valence-corrected chi connectivity index (χ1v) is 6.63. The van der Waals surface area contributed by atoms with Crippen LogP contribution in [0.15, 0.2) is 24.5 Å². The molecule has 0 fully saturated rings. The molecule has 19 heavy (non-hydrogen) atoms. The van der Waals surface area contributed by atoms with Gasteiger partial charge in [-0.25, -0.2) is 10.4 Å². The summed E-state index contributed by atoms with van der Waals surface area (Å²) in [4.78, 5) is 4.46. The molecular weight excluding hydrogens is 236 g/mol. The Bertz CT molecular complexity index is 548. The van der Waals surface area contributed by atoms with Gasteiger partial charge in [-0.2, -0.15) is 0 Å². The number of imidazole rings is 1. The number of nitrogens with one attached hydrogen (secondary N) is 1. The predicted molar refractivity (Wildman–Crippen MR) is 77.7 cm³/mol. The molecule has 1 aromatic carbocycles. The summed E-state index contributed by atoms with van der Waals surface area (Å²) in [6.45, 7) is 9.35. The number of aromatic nitrogens is 2. The van der Waals surface area contributed by atoms with Crippen LogP contribution in [-0.4, -0.2) is 9.55 Å².